The van der Waals surface area contributed by atoms with Crippen molar-refractivity contribution in [2.45, 2.75) is 27.0 Å². The maximum atomic E-state index is 8.95. The van der Waals surface area contributed by atoms with Crippen LogP contribution in [0.5, 0.6) is 11.8 Å². The first-order valence-electron chi connectivity index (χ1n) is 9.32. The highest BCUT2D eigenvalue weighted by Crippen LogP contribution is 2.40. The molecular formula is C19H13N11O2S4. The SMILES string of the molecule is CCOc1c(Nc2ncncn2)cc(SC#N)cc1SC#N.COc1nc(SC#N)nc(SC#N)n1. The number of ether oxygens (including phenoxy) is 2. The second kappa shape index (κ2) is 15.8. The number of thioether (sulfide) groups is 4. The van der Waals surface area contributed by atoms with Gasteiger partial charge in [-0.05, 0) is 42.6 Å². The molecule has 2 aromatic heterocycles. The summed E-state index contributed by atoms with van der Waals surface area (Å²) in [6, 6.07) is 3.59. The Morgan fingerprint density at radius 1 is 0.861 bits per heavy atom. The summed E-state index contributed by atoms with van der Waals surface area (Å²) in [5.41, 5.74) is 0.589. The van der Waals surface area contributed by atoms with E-state index in [1.165, 1.54) is 19.8 Å². The lowest BCUT2D eigenvalue weighted by Gasteiger charge is -2.15. The Bertz CT molecular complexity index is 1300. The lowest BCUT2D eigenvalue weighted by molar-refractivity contribution is 0.334. The number of rotatable bonds is 9. The van der Waals surface area contributed by atoms with Gasteiger partial charge in [0.05, 0.1) is 24.3 Å². The molecular weight excluding hydrogens is 543 g/mol. The van der Waals surface area contributed by atoms with E-state index >= 15 is 0 Å². The van der Waals surface area contributed by atoms with Gasteiger partial charge in [0.25, 0.3) is 0 Å². The Morgan fingerprint density at radius 2 is 1.47 bits per heavy atom. The van der Waals surface area contributed by atoms with Gasteiger partial charge in [-0.3, -0.25) is 0 Å². The van der Waals surface area contributed by atoms with Crippen LogP contribution in [0, 0.1) is 42.7 Å². The quantitative estimate of drug-likeness (QED) is 0.290. The van der Waals surface area contributed by atoms with Crippen LogP contribution >= 0.6 is 47.0 Å². The van der Waals surface area contributed by atoms with Gasteiger partial charge in [0.1, 0.15) is 34.3 Å². The summed E-state index contributed by atoms with van der Waals surface area (Å²) in [6.07, 6.45) is 2.74. The molecule has 0 aliphatic carbocycles. The standard InChI is InChI=1S/C13H10N6OS2.C6H3N5OS2/c1-2-20-12-10(19-13-17-7-16-8-18-13)3-9(21-5-14)4-11(12)22-6-15;1-12-4-9-5(13-2-7)11-6(10-4)14-3-8/h3-4,7-8H,2H2,1H3,(H,16,17,18,19);1H3. The molecule has 0 amide bonds. The fourth-order valence-corrected chi connectivity index (χ4v) is 4.02. The summed E-state index contributed by atoms with van der Waals surface area (Å²) in [5, 5.41) is 45.7. The molecule has 3 rings (SSSR count). The second-order valence-electron chi connectivity index (χ2n) is 5.48. The summed E-state index contributed by atoms with van der Waals surface area (Å²) >= 11 is 3.54. The van der Waals surface area contributed by atoms with Gasteiger partial charge in [0.15, 0.2) is 5.75 Å². The Balaban J connectivity index is 0.000000281. The molecule has 36 heavy (non-hydrogen) atoms. The normalized spacial score (nSPS) is 9.28. The number of methoxy groups -OCH3 is 1. The molecule has 0 atom stereocenters. The Labute approximate surface area is 222 Å². The van der Waals surface area contributed by atoms with Gasteiger partial charge in [0.2, 0.25) is 16.3 Å². The average molecular weight is 556 g/mol. The maximum absolute atomic E-state index is 8.95. The first-order valence-corrected chi connectivity index (χ1v) is 12.6. The third-order valence-electron chi connectivity index (χ3n) is 3.41. The largest absolute Gasteiger partial charge is 0.490 e. The van der Waals surface area contributed by atoms with E-state index in [0.29, 0.717) is 33.8 Å². The predicted molar refractivity (Wildman–Crippen MR) is 133 cm³/mol. The average Bonchev–Trinajstić information content (AvgIpc) is 2.88. The van der Waals surface area contributed by atoms with E-state index in [4.69, 9.17) is 30.5 Å². The molecule has 2 heterocycles. The van der Waals surface area contributed by atoms with Crippen LogP contribution in [-0.2, 0) is 0 Å². The third-order valence-corrected chi connectivity index (χ3v) is 5.50. The van der Waals surface area contributed by atoms with Crippen molar-refractivity contribution in [3.8, 4) is 33.4 Å². The number of nitrogens with zero attached hydrogens (tertiary/aromatic N) is 10. The monoisotopic (exact) mass is 555 g/mol. The van der Waals surface area contributed by atoms with Gasteiger partial charge in [-0.15, -0.1) is 0 Å². The lowest BCUT2D eigenvalue weighted by Crippen LogP contribution is -2.02. The number of hydrogen-bond acceptors (Lipinski definition) is 17. The minimum Gasteiger partial charge on any atom is -0.490 e. The van der Waals surface area contributed by atoms with E-state index < -0.39 is 0 Å². The topological polar surface area (TPSA) is 203 Å². The van der Waals surface area contributed by atoms with Gasteiger partial charge in [-0.2, -0.15) is 36.0 Å². The summed E-state index contributed by atoms with van der Waals surface area (Å²) < 4.78 is 10.4. The smallest absolute Gasteiger partial charge is 0.321 e. The minimum absolute atomic E-state index is 0.0931. The fraction of sp³-hybridized carbons (Fsp3) is 0.158. The minimum atomic E-state index is 0.0931. The molecule has 180 valence electrons. The fourth-order valence-electron chi connectivity index (χ4n) is 2.21. The van der Waals surface area contributed by atoms with Crippen molar-refractivity contribution in [1.29, 1.82) is 21.0 Å². The van der Waals surface area contributed by atoms with E-state index in [1.807, 2.05) is 28.5 Å². The molecule has 13 nitrogen and oxygen atoms in total. The van der Waals surface area contributed by atoms with Crippen molar-refractivity contribution in [1.82, 2.24) is 29.9 Å². The first kappa shape index (κ1) is 28.2. The summed E-state index contributed by atoms with van der Waals surface area (Å²) in [5.74, 6) is 0.875. The zero-order chi connectivity index (χ0) is 26.2. The van der Waals surface area contributed by atoms with Crippen molar-refractivity contribution in [3.05, 3.63) is 24.8 Å². The molecule has 0 spiro atoms. The number of nitrogens with one attached hydrogen (secondary N) is 1. The number of hydrogen-bond donors (Lipinski definition) is 1. The van der Waals surface area contributed by atoms with Crippen LogP contribution in [0.3, 0.4) is 0 Å². The molecule has 3 aromatic rings. The Kier molecular flexibility index (Phi) is 12.4. The molecule has 0 radical (unpaired) electrons. The third kappa shape index (κ3) is 8.98. The zero-order valence-electron chi connectivity index (χ0n) is 18.4. The van der Waals surface area contributed by atoms with E-state index in [9.17, 15) is 0 Å². The molecule has 0 unspecified atom stereocenters. The van der Waals surface area contributed by atoms with Crippen molar-refractivity contribution in [3.63, 3.8) is 0 Å². The van der Waals surface area contributed by atoms with Crippen LogP contribution in [0.15, 0.2) is 44.9 Å². The Hall–Kier alpha value is -4.00. The predicted octanol–water partition coefficient (Wildman–Crippen LogP) is 4.19. The zero-order valence-corrected chi connectivity index (χ0v) is 21.7. The highest BCUT2D eigenvalue weighted by molar-refractivity contribution is 8.04. The van der Waals surface area contributed by atoms with Crippen molar-refractivity contribution >= 4 is 58.7 Å². The number of nitriles is 4. The van der Waals surface area contributed by atoms with E-state index in [-0.39, 0.29) is 16.3 Å². The molecule has 0 bridgehead atoms. The van der Waals surface area contributed by atoms with E-state index in [0.717, 1.165) is 47.0 Å². The Morgan fingerprint density at radius 3 is 2.00 bits per heavy atom. The van der Waals surface area contributed by atoms with Crippen molar-refractivity contribution in [2.75, 3.05) is 19.0 Å². The maximum Gasteiger partial charge on any atom is 0.321 e. The first-order chi connectivity index (χ1) is 17.6. The molecule has 0 saturated heterocycles. The van der Waals surface area contributed by atoms with E-state index in [1.54, 1.807) is 12.1 Å². The number of thiocyanates is 4. The van der Waals surface area contributed by atoms with Crippen LogP contribution in [0.1, 0.15) is 6.92 Å². The molecule has 17 heteroatoms. The van der Waals surface area contributed by atoms with Crippen LogP contribution < -0.4 is 14.8 Å². The van der Waals surface area contributed by atoms with Crippen LogP contribution in [0.2, 0.25) is 0 Å². The van der Waals surface area contributed by atoms with Crippen molar-refractivity contribution in [2.24, 2.45) is 0 Å². The summed E-state index contributed by atoms with van der Waals surface area (Å²) in [7, 11) is 1.40. The molecule has 0 aliphatic rings. The van der Waals surface area contributed by atoms with Crippen LogP contribution in [0.25, 0.3) is 0 Å². The highest BCUT2D eigenvalue weighted by Gasteiger charge is 2.15. The lowest BCUT2D eigenvalue weighted by atomic mass is 10.3. The summed E-state index contributed by atoms with van der Waals surface area (Å²) in [6.45, 7) is 2.29. The van der Waals surface area contributed by atoms with Gasteiger partial charge in [-0.25, -0.2) is 15.0 Å². The van der Waals surface area contributed by atoms with Crippen LogP contribution in [0.4, 0.5) is 11.6 Å². The van der Waals surface area contributed by atoms with Gasteiger partial charge < -0.3 is 14.8 Å². The van der Waals surface area contributed by atoms with Crippen LogP contribution in [-0.4, -0.2) is 43.6 Å². The summed E-state index contributed by atoms with van der Waals surface area (Å²) in [4.78, 5) is 24.5. The number of anilines is 2. The van der Waals surface area contributed by atoms with Gasteiger partial charge in [-0.1, -0.05) is 0 Å². The molecule has 1 N–H and O–H groups in total. The molecule has 0 saturated carbocycles. The number of aromatic nitrogens is 6. The number of benzene rings is 1. The second-order valence-corrected chi connectivity index (χ2v) is 8.67. The highest BCUT2D eigenvalue weighted by atomic mass is 32.2. The molecule has 0 fully saturated rings. The molecule has 0 aliphatic heterocycles. The van der Waals surface area contributed by atoms with Crippen molar-refractivity contribution < 1.29 is 9.47 Å². The molecule has 1 aromatic carbocycles. The van der Waals surface area contributed by atoms with E-state index in [2.05, 4.69) is 35.2 Å². The van der Waals surface area contributed by atoms with Gasteiger partial charge >= 0.3 is 6.01 Å². The van der Waals surface area contributed by atoms with Gasteiger partial charge in [0, 0.05) is 28.4 Å².